The first kappa shape index (κ1) is 16.1. The van der Waals surface area contributed by atoms with Gasteiger partial charge in [-0.15, -0.1) is 0 Å². The van der Waals surface area contributed by atoms with Crippen molar-refractivity contribution < 1.29 is 19.1 Å². The first-order chi connectivity index (χ1) is 11.6. The molecule has 126 valence electrons. The molecule has 0 saturated carbocycles. The van der Waals surface area contributed by atoms with Crippen LogP contribution in [0.2, 0.25) is 0 Å². The van der Waals surface area contributed by atoms with E-state index in [9.17, 15) is 9.90 Å². The van der Waals surface area contributed by atoms with Crippen molar-refractivity contribution in [2.24, 2.45) is 10.7 Å². The van der Waals surface area contributed by atoms with Crippen molar-refractivity contribution in [3.05, 3.63) is 42.4 Å². The average molecular weight is 329 g/mol. The Bertz CT molecular complexity index is 796. The highest BCUT2D eigenvalue weighted by atomic mass is 16.5. The maximum atomic E-state index is 11.5. The summed E-state index contributed by atoms with van der Waals surface area (Å²) in [4.78, 5) is 17.2. The van der Waals surface area contributed by atoms with Crippen molar-refractivity contribution in [1.82, 2.24) is 4.90 Å². The third kappa shape index (κ3) is 3.26. The number of aliphatic imine (C=N–C) groups is 1. The fourth-order valence-corrected chi connectivity index (χ4v) is 2.67. The van der Waals surface area contributed by atoms with Crippen molar-refractivity contribution in [1.29, 1.82) is 0 Å². The second kappa shape index (κ2) is 6.76. The summed E-state index contributed by atoms with van der Waals surface area (Å²) in [5.41, 5.74) is 6.15. The summed E-state index contributed by atoms with van der Waals surface area (Å²) in [6.45, 7) is 1.78. The Morgan fingerprint density at radius 2 is 2.33 bits per heavy atom. The largest absolute Gasteiger partial charge is 0.491 e. The number of ether oxygens (including phenoxy) is 1. The van der Waals surface area contributed by atoms with E-state index in [1.54, 1.807) is 23.5 Å². The molecule has 0 spiro atoms. The summed E-state index contributed by atoms with van der Waals surface area (Å²) < 4.78 is 11.4. The molecular weight excluding hydrogens is 310 g/mol. The maximum Gasteiger partial charge on any atom is 0.242 e. The smallest absolute Gasteiger partial charge is 0.242 e. The molecule has 2 heterocycles. The Balaban J connectivity index is 1.72. The van der Waals surface area contributed by atoms with E-state index in [1.807, 2.05) is 31.2 Å². The lowest BCUT2D eigenvalue weighted by atomic mass is 10.1. The molecule has 1 aromatic heterocycles. The van der Waals surface area contributed by atoms with Crippen LogP contribution in [-0.2, 0) is 4.79 Å². The molecule has 1 aliphatic heterocycles. The number of aryl methyl sites for hydroxylation is 1. The van der Waals surface area contributed by atoms with E-state index in [-0.39, 0.29) is 19.3 Å². The van der Waals surface area contributed by atoms with Gasteiger partial charge in [-0.05, 0) is 31.2 Å². The second-order valence-electron chi connectivity index (χ2n) is 5.58. The van der Waals surface area contributed by atoms with Crippen LogP contribution < -0.4 is 10.5 Å². The number of nitrogens with two attached hydrogens (primary N) is 1. The minimum atomic E-state index is -0.819. The van der Waals surface area contributed by atoms with Crippen molar-refractivity contribution in [2.45, 2.75) is 19.0 Å². The van der Waals surface area contributed by atoms with E-state index in [0.717, 1.165) is 16.7 Å². The van der Waals surface area contributed by atoms with Crippen LogP contribution in [0.3, 0.4) is 0 Å². The Kier molecular flexibility index (Phi) is 4.52. The summed E-state index contributed by atoms with van der Waals surface area (Å²) in [6, 6.07) is 6.38. The van der Waals surface area contributed by atoms with Gasteiger partial charge >= 0.3 is 0 Å². The van der Waals surface area contributed by atoms with Gasteiger partial charge in [-0.1, -0.05) is 0 Å². The molecule has 1 aromatic carbocycles. The number of rotatable bonds is 6. The molecule has 0 fully saturated rings. The van der Waals surface area contributed by atoms with Crippen molar-refractivity contribution in [2.75, 3.05) is 13.2 Å². The van der Waals surface area contributed by atoms with E-state index in [2.05, 4.69) is 4.99 Å². The van der Waals surface area contributed by atoms with Crippen molar-refractivity contribution in [3.8, 4) is 5.75 Å². The molecule has 3 N–H and O–H groups in total. The van der Waals surface area contributed by atoms with Gasteiger partial charge in [0.25, 0.3) is 0 Å². The number of fused-ring (bicyclic) bond motifs is 1. The summed E-state index contributed by atoms with van der Waals surface area (Å²) in [6.07, 6.45) is 4.83. The van der Waals surface area contributed by atoms with Gasteiger partial charge in [-0.25, -0.2) is 0 Å². The Labute approximate surface area is 139 Å². The molecule has 1 aliphatic rings. The molecule has 1 amide bonds. The third-order valence-electron chi connectivity index (χ3n) is 3.86. The van der Waals surface area contributed by atoms with Gasteiger partial charge < -0.3 is 24.9 Å². The molecule has 7 heteroatoms. The van der Waals surface area contributed by atoms with Gasteiger partial charge in [-0.3, -0.25) is 9.79 Å². The number of benzene rings is 1. The molecule has 2 aromatic rings. The van der Waals surface area contributed by atoms with Crippen LogP contribution in [0.15, 0.2) is 46.1 Å². The highest BCUT2D eigenvalue weighted by molar-refractivity contribution is 5.81. The monoisotopic (exact) mass is 329 g/mol. The van der Waals surface area contributed by atoms with Crippen LogP contribution >= 0.6 is 0 Å². The zero-order chi connectivity index (χ0) is 17.1. The number of nitrogens with zero attached hydrogens (tertiary/aromatic N) is 2. The SMILES string of the molecule is Cc1cc2cc(OC[C@@H]3C=NC=CN3C(CO)C(N)=O)ccc2o1. The van der Waals surface area contributed by atoms with E-state index in [0.29, 0.717) is 5.75 Å². The third-order valence-corrected chi connectivity index (χ3v) is 3.86. The van der Waals surface area contributed by atoms with Gasteiger partial charge in [0.05, 0.1) is 12.6 Å². The number of hydrogen-bond donors (Lipinski definition) is 2. The number of primary amides is 1. The van der Waals surface area contributed by atoms with Crippen LogP contribution in [0.25, 0.3) is 11.0 Å². The van der Waals surface area contributed by atoms with E-state index in [1.165, 1.54) is 0 Å². The zero-order valence-corrected chi connectivity index (χ0v) is 13.3. The number of furan rings is 1. The average Bonchev–Trinajstić information content (AvgIpc) is 2.93. The number of aliphatic hydroxyl groups is 1. The predicted octanol–water partition coefficient (Wildman–Crippen LogP) is 1.19. The lowest BCUT2D eigenvalue weighted by molar-refractivity contribution is -0.124. The Morgan fingerprint density at radius 1 is 1.50 bits per heavy atom. The number of carbonyl (C=O) groups excluding carboxylic acids is 1. The first-order valence-electron chi connectivity index (χ1n) is 7.59. The summed E-state index contributed by atoms with van der Waals surface area (Å²) >= 11 is 0. The van der Waals surface area contributed by atoms with Crippen LogP contribution in [0.1, 0.15) is 5.76 Å². The molecule has 1 unspecified atom stereocenters. The molecule has 0 aliphatic carbocycles. The Morgan fingerprint density at radius 3 is 3.08 bits per heavy atom. The molecule has 24 heavy (non-hydrogen) atoms. The summed E-state index contributed by atoms with van der Waals surface area (Å²) in [5.74, 6) is 0.925. The number of aliphatic hydroxyl groups excluding tert-OH is 1. The summed E-state index contributed by atoms with van der Waals surface area (Å²) in [5, 5.41) is 10.4. The number of carbonyl (C=O) groups is 1. The topological polar surface area (TPSA) is 101 Å². The van der Waals surface area contributed by atoms with Gasteiger partial charge in [-0.2, -0.15) is 0 Å². The van der Waals surface area contributed by atoms with E-state index in [4.69, 9.17) is 14.9 Å². The van der Waals surface area contributed by atoms with Crippen LogP contribution in [0.5, 0.6) is 5.75 Å². The summed E-state index contributed by atoms with van der Waals surface area (Å²) in [7, 11) is 0. The zero-order valence-electron chi connectivity index (χ0n) is 13.3. The van der Waals surface area contributed by atoms with Crippen LogP contribution in [0.4, 0.5) is 0 Å². The molecule has 0 bridgehead atoms. The lowest BCUT2D eigenvalue weighted by Crippen LogP contribution is -2.52. The normalized spacial score (nSPS) is 18.1. The first-order valence-corrected chi connectivity index (χ1v) is 7.59. The Hall–Kier alpha value is -2.80. The lowest BCUT2D eigenvalue weighted by Gasteiger charge is -2.33. The van der Waals surface area contributed by atoms with Crippen molar-refractivity contribution in [3.63, 3.8) is 0 Å². The van der Waals surface area contributed by atoms with E-state index < -0.39 is 11.9 Å². The molecule has 7 nitrogen and oxygen atoms in total. The van der Waals surface area contributed by atoms with Crippen LogP contribution in [0, 0.1) is 6.92 Å². The molecular formula is C17H19N3O4. The van der Waals surface area contributed by atoms with Crippen molar-refractivity contribution >= 4 is 23.1 Å². The fraction of sp³-hybridized carbons (Fsp3) is 0.294. The van der Waals surface area contributed by atoms with Gasteiger partial charge in [0.1, 0.15) is 29.7 Å². The maximum absolute atomic E-state index is 11.5. The molecule has 3 rings (SSSR count). The second-order valence-corrected chi connectivity index (χ2v) is 5.58. The predicted molar refractivity (Wildman–Crippen MR) is 89.8 cm³/mol. The van der Waals surface area contributed by atoms with E-state index >= 15 is 0 Å². The van der Waals surface area contributed by atoms with Gasteiger partial charge in [0.2, 0.25) is 5.91 Å². The quantitative estimate of drug-likeness (QED) is 0.829. The highest BCUT2D eigenvalue weighted by Crippen LogP contribution is 2.24. The van der Waals surface area contributed by atoms with Gasteiger partial charge in [0, 0.05) is 24.0 Å². The highest BCUT2D eigenvalue weighted by Gasteiger charge is 2.28. The van der Waals surface area contributed by atoms with Gasteiger partial charge in [0.15, 0.2) is 0 Å². The molecule has 2 atom stereocenters. The number of amides is 1. The minimum absolute atomic E-state index is 0.264. The molecule has 0 radical (unpaired) electrons. The molecule has 0 saturated heterocycles. The fourth-order valence-electron chi connectivity index (χ4n) is 2.67. The number of hydrogen-bond acceptors (Lipinski definition) is 6. The standard InChI is InChI=1S/C17H19N3O4/c1-11-6-12-7-14(2-3-16(12)24-11)23-10-13-8-19-4-5-20(13)15(9-21)17(18)22/h2-8,13,15,21H,9-10H2,1H3,(H2,18,22)/t13-,15?/m0/s1. The minimum Gasteiger partial charge on any atom is -0.491 e. The van der Waals surface area contributed by atoms with Crippen LogP contribution in [-0.4, -0.2) is 47.4 Å².